The zero-order chi connectivity index (χ0) is 8.97. The largest absolute Gasteiger partial charge is 0.450 e. The van der Waals surface area contributed by atoms with E-state index >= 15 is 0 Å². The standard InChI is InChI=1S/C9H17NO2/c1-3-12-9(11)10-6-4-5-8(2)7-10/h8H,3-7H2,1-2H3/t8-/m1/s1. The van der Waals surface area contributed by atoms with Gasteiger partial charge in [-0.25, -0.2) is 4.79 Å². The maximum atomic E-state index is 11.2. The van der Waals surface area contributed by atoms with E-state index < -0.39 is 0 Å². The van der Waals surface area contributed by atoms with Gasteiger partial charge in [-0.1, -0.05) is 6.92 Å². The lowest BCUT2D eigenvalue weighted by Crippen LogP contribution is -2.39. The summed E-state index contributed by atoms with van der Waals surface area (Å²) in [5.41, 5.74) is 0. The fraction of sp³-hybridized carbons (Fsp3) is 0.889. The van der Waals surface area contributed by atoms with E-state index in [1.54, 1.807) is 4.90 Å². The minimum absolute atomic E-state index is 0.149. The van der Waals surface area contributed by atoms with Gasteiger partial charge < -0.3 is 9.64 Å². The quantitative estimate of drug-likeness (QED) is 0.602. The summed E-state index contributed by atoms with van der Waals surface area (Å²) >= 11 is 0. The minimum Gasteiger partial charge on any atom is -0.450 e. The van der Waals surface area contributed by atoms with Crippen molar-refractivity contribution in [2.24, 2.45) is 5.92 Å². The van der Waals surface area contributed by atoms with E-state index in [4.69, 9.17) is 4.74 Å². The van der Waals surface area contributed by atoms with Crippen LogP contribution in [-0.2, 0) is 4.74 Å². The molecule has 0 aromatic heterocycles. The van der Waals surface area contributed by atoms with Crippen molar-refractivity contribution >= 4 is 6.09 Å². The van der Waals surface area contributed by atoms with Gasteiger partial charge >= 0.3 is 6.09 Å². The van der Waals surface area contributed by atoms with Gasteiger partial charge in [-0.2, -0.15) is 0 Å². The molecule has 1 aliphatic heterocycles. The van der Waals surface area contributed by atoms with Crippen LogP contribution in [0.2, 0.25) is 0 Å². The van der Waals surface area contributed by atoms with Crippen molar-refractivity contribution in [3.63, 3.8) is 0 Å². The molecule has 1 heterocycles. The average molecular weight is 171 g/mol. The Morgan fingerprint density at radius 1 is 1.67 bits per heavy atom. The molecule has 0 aromatic carbocycles. The molecular formula is C9H17NO2. The molecule has 3 nitrogen and oxygen atoms in total. The van der Waals surface area contributed by atoms with Gasteiger partial charge in [0.05, 0.1) is 6.61 Å². The first kappa shape index (κ1) is 9.36. The third kappa shape index (κ3) is 2.40. The predicted molar refractivity (Wildman–Crippen MR) is 47.0 cm³/mol. The normalized spacial score (nSPS) is 23.8. The number of likely N-dealkylation sites (tertiary alicyclic amines) is 1. The first-order valence-corrected chi connectivity index (χ1v) is 4.65. The van der Waals surface area contributed by atoms with Crippen molar-refractivity contribution in [3.05, 3.63) is 0 Å². The van der Waals surface area contributed by atoms with Crippen LogP contribution < -0.4 is 0 Å². The topological polar surface area (TPSA) is 29.5 Å². The van der Waals surface area contributed by atoms with Gasteiger partial charge in [0.25, 0.3) is 0 Å². The second kappa shape index (κ2) is 4.33. The highest BCUT2D eigenvalue weighted by Crippen LogP contribution is 2.15. The molecule has 0 radical (unpaired) electrons. The molecule has 1 rings (SSSR count). The summed E-state index contributed by atoms with van der Waals surface area (Å²) < 4.78 is 4.92. The van der Waals surface area contributed by atoms with Gasteiger partial charge in [0.2, 0.25) is 0 Å². The Morgan fingerprint density at radius 2 is 2.42 bits per heavy atom. The molecule has 0 saturated carbocycles. The third-order valence-electron chi connectivity index (χ3n) is 2.18. The first-order chi connectivity index (χ1) is 5.74. The molecule has 70 valence electrons. The molecule has 1 amide bonds. The number of piperidine rings is 1. The summed E-state index contributed by atoms with van der Waals surface area (Å²) in [7, 11) is 0. The summed E-state index contributed by atoms with van der Waals surface area (Å²) in [6, 6.07) is 0. The lowest BCUT2D eigenvalue weighted by molar-refractivity contribution is 0.0905. The van der Waals surface area contributed by atoms with Crippen molar-refractivity contribution in [1.29, 1.82) is 0 Å². The van der Waals surface area contributed by atoms with Gasteiger partial charge in [0.1, 0.15) is 0 Å². The van der Waals surface area contributed by atoms with Crippen molar-refractivity contribution in [3.8, 4) is 0 Å². The van der Waals surface area contributed by atoms with E-state index in [0.717, 1.165) is 19.5 Å². The molecule has 1 aliphatic rings. The van der Waals surface area contributed by atoms with E-state index in [1.165, 1.54) is 6.42 Å². The van der Waals surface area contributed by atoms with Crippen LogP contribution in [0.1, 0.15) is 26.7 Å². The smallest absolute Gasteiger partial charge is 0.409 e. The Balaban J connectivity index is 2.35. The molecule has 0 unspecified atom stereocenters. The Morgan fingerprint density at radius 3 is 3.00 bits per heavy atom. The zero-order valence-corrected chi connectivity index (χ0v) is 7.88. The molecule has 0 spiro atoms. The Hall–Kier alpha value is -0.730. The Labute approximate surface area is 73.7 Å². The number of amides is 1. The number of nitrogens with zero attached hydrogens (tertiary/aromatic N) is 1. The van der Waals surface area contributed by atoms with E-state index in [9.17, 15) is 4.79 Å². The molecule has 0 bridgehead atoms. The van der Waals surface area contributed by atoms with Crippen LogP contribution in [0.25, 0.3) is 0 Å². The van der Waals surface area contributed by atoms with Crippen molar-refractivity contribution in [1.82, 2.24) is 4.90 Å². The van der Waals surface area contributed by atoms with E-state index in [2.05, 4.69) is 6.92 Å². The second-order valence-electron chi connectivity index (χ2n) is 3.39. The highest BCUT2D eigenvalue weighted by atomic mass is 16.6. The molecule has 3 heteroatoms. The van der Waals surface area contributed by atoms with Gasteiger partial charge in [-0.3, -0.25) is 0 Å². The summed E-state index contributed by atoms with van der Waals surface area (Å²) in [6.45, 7) is 6.21. The summed E-state index contributed by atoms with van der Waals surface area (Å²) in [5, 5.41) is 0. The van der Waals surface area contributed by atoms with Crippen LogP contribution in [-0.4, -0.2) is 30.7 Å². The highest BCUT2D eigenvalue weighted by molar-refractivity contribution is 5.67. The summed E-state index contributed by atoms with van der Waals surface area (Å²) in [4.78, 5) is 13.1. The van der Waals surface area contributed by atoms with Crippen molar-refractivity contribution in [2.75, 3.05) is 19.7 Å². The Bertz CT molecular complexity index is 159. The molecular weight excluding hydrogens is 154 g/mol. The van der Waals surface area contributed by atoms with Gasteiger partial charge in [0, 0.05) is 13.1 Å². The van der Waals surface area contributed by atoms with Crippen LogP contribution >= 0.6 is 0 Å². The highest BCUT2D eigenvalue weighted by Gasteiger charge is 2.21. The van der Waals surface area contributed by atoms with Crippen LogP contribution in [0.4, 0.5) is 4.79 Å². The van der Waals surface area contributed by atoms with Gasteiger partial charge in [0.15, 0.2) is 0 Å². The monoisotopic (exact) mass is 171 g/mol. The molecule has 0 N–H and O–H groups in total. The van der Waals surface area contributed by atoms with Crippen molar-refractivity contribution in [2.45, 2.75) is 26.7 Å². The van der Waals surface area contributed by atoms with Crippen molar-refractivity contribution < 1.29 is 9.53 Å². The minimum atomic E-state index is -0.149. The molecule has 12 heavy (non-hydrogen) atoms. The Kier molecular flexibility index (Phi) is 3.38. The summed E-state index contributed by atoms with van der Waals surface area (Å²) in [6.07, 6.45) is 2.19. The lowest BCUT2D eigenvalue weighted by Gasteiger charge is -2.29. The predicted octanol–water partition coefficient (Wildman–Crippen LogP) is 1.87. The molecule has 1 atom stereocenters. The second-order valence-corrected chi connectivity index (χ2v) is 3.39. The fourth-order valence-electron chi connectivity index (χ4n) is 1.57. The maximum absolute atomic E-state index is 11.2. The number of hydrogen-bond donors (Lipinski definition) is 0. The summed E-state index contributed by atoms with van der Waals surface area (Å²) in [5.74, 6) is 0.628. The van der Waals surface area contributed by atoms with Gasteiger partial charge in [-0.05, 0) is 25.7 Å². The molecule has 1 fully saturated rings. The number of carbonyl (C=O) groups excluding carboxylic acids is 1. The third-order valence-corrected chi connectivity index (χ3v) is 2.18. The lowest BCUT2D eigenvalue weighted by atomic mass is 10.0. The molecule has 0 aromatic rings. The number of hydrogen-bond acceptors (Lipinski definition) is 2. The SMILES string of the molecule is CCOC(=O)N1CCC[C@@H](C)C1. The molecule has 1 saturated heterocycles. The van der Waals surface area contributed by atoms with E-state index in [0.29, 0.717) is 12.5 Å². The number of ether oxygens (including phenoxy) is 1. The zero-order valence-electron chi connectivity index (χ0n) is 7.88. The maximum Gasteiger partial charge on any atom is 0.409 e. The fourth-order valence-corrected chi connectivity index (χ4v) is 1.57. The first-order valence-electron chi connectivity index (χ1n) is 4.65. The average Bonchev–Trinajstić information content (AvgIpc) is 2.05. The van der Waals surface area contributed by atoms with Gasteiger partial charge in [-0.15, -0.1) is 0 Å². The van der Waals surface area contributed by atoms with Crippen LogP contribution in [0.3, 0.4) is 0 Å². The van der Waals surface area contributed by atoms with E-state index in [-0.39, 0.29) is 6.09 Å². The van der Waals surface area contributed by atoms with Crippen LogP contribution in [0.5, 0.6) is 0 Å². The van der Waals surface area contributed by atoms with Crippen LogP contribution in [0.15, 0.2) is 0 Å². The van der Waals surface area contributed by atoms with E-state index in [1.807, 2.05) is 6.92 Å². The number of carbonyl (C=O) groups is 1. The molecule has 0 aliphatic carbocycles. The number of rotatable bonds is 1. The van der Waals surface area contributed by atoms with Crippen LogP contribution in [0, 0.1) is 5.92 Å².